The number of sulfonamides is 1. The fourth-order valence-corrected chi connectivity index (χ4v) is 3.03. The molecule has 0 fully saturated rings. The number of hydrogen-bond donors (Lipinski definition) is 2. The number of hydrogen-bond acceptors (Lipinski definition) is 5. The fourth-order valence-electron chi connectivity index (χ4n) is 1.48. The standard InChI is InChI=1S/C11H12ClN3O3S/c1-7-4-9(15-18-7)6-14-19(16,17)11-3-2-8(13)5-10(11)12/h2-5,14H,6,13H2,1H3. The van der Waals surface area contributed by atoms with Gasteiger partial charge in [-0.1, -0.05) is 16.8 Å². The topological polar surface area (TPSA) is 98.2 Å². The van der Waals surface area contributed by atoms with Gasteiger partial charge < -0.3 is 10.3 Å². The van der Waals surface area contributed by atoms with Gasteiger partial charge in [-0.15, -0.1) is 0 Å². The Labute approximate surface area is 115 Å². The smallest absolute Gasteiger partial charge is 0.242 e. The molecule has 0 atom stereocenters. The first-order valence-corrected chi connectivity index (χ1v) is 7.21. The van der Waals surface area contributed by atoms with E-state index in [0.717, 1.165) is 0 Å². The van der Waals surface area contributed by atoms with Crippen LogP contribution in [0.4, 0.5) is 5.69 Å². The summed E-state index contributed by atoms with van der Waals surface area (Å²) in [5.41, 5.74) is 6.41. The Kier molecular flexibility index (Phi) is 3.79. The van der Waals surface area contributed by atoms with Crippen LogP contribution in [-0.4, -0.2) is 13.6 Å². The highest BCUT2D eigenvalue weighted by molar-refractivity contribution is 7.89. The molecule has 3 N–H and O–H groups in total. The van der Waals surface area contributed by atoms with E-state index in [0.29, 0.717) is 17.1 Å². The molecule has 0 radical (unpaired) electrons. The van der Waals surface area contributed by atoms with E-state index in [1.165, 1.54) is 18.2 Å². The van der Waals surface area contributed by atoms with Gasteiger partial charge in [-0.3, -0.25) is 0 Å². The lowest BCUT2D eigenvalue weighted by Crippen LogP contribution is -2.23. The van der Waals surface area contributed by atoms with Crippen LogP contribution in [-0.2, 0) is 16.6 Å². The number of nitrogens with one attached hydrogen (secondary N) is 1. The van der Waals surface area contributed by atoms with E-state index < -0.39 is 10.0 Å². The minimum Gasteiger partial charge on any atom is -0.399 e. The second-order valence-corrected chi connectivity index (χ2v) is 6.09. The zero-order valence-corrected chi connectivity index (χ0v) is 11.6. The minimum atomic E-state index is -3.72. The molecule has 0 bridgehead atoms. The van der Waals surface area contributed by atoms with Crippen LogP contribution in [0.2, 0.25) is 5.02 Å². The highest BCUT2D eigenvalue weighted by Gasteiger charge is 2.18. The maximum Gasteiger partial charge on any atom is 0.242 e. The fraction of sp³-hybridized carbons (Fsp3) is 0.182. The normalized spacial score (nSPS) is 11.7. The van der Waals surface area contributed by atoms with E-state index in [1.54, 1.807) is 13.0 Å². The Morgan fingerprint density at radius 2 is 2.16 bits per heavy atom. The number of rotatable bonds is 4. The second kappa shape index (κ2) is 5.20. The molecule has 102 valence electrons. The van der Waals surface area contributed by atoms with Crippen molar-refractivity contribution in [1.82, 2.24) is 9.88 Å². The third-order valence-electron chi connectivity index (χ3n) is 2.37. The summed E-state index contributed by atoms with van der Waals surface area (Å²) in [5.74, 6) is 0.611. The van der Waals surface area contributed by atoms with Gasteiger partial charge in [0, 0.05) is 11.8 Å². The summed E-state index contributed by atoms with van der Waals surface area (Å²) in [4.78, 5) is -0.0245. The molecule has 0 aliphatic carbocycles. The Balaban J connectivity index is 2.18. The average molecular weight is 302 g/mol. The number of halogens is 1. The molecule has 0 unspecified atom stereocenters. The summed E-state index contributed by atoms with van der Waals surface area (Å²) in [7, 11) is -3.72. The van der Waals surface area contributed by atoms with Gasteiger partial charge in [0.15, 0.2) is 0 Å². The van der Waals surface area contributed by atoms with Crippen LogP contribution in [0.5, 0.6) is 0 Å². The molecule has 0 amide bonds. The number of aryl methyl sites for hydroxylation is 1. The number of nitrogens with two attached hydrogens (primary N) is 1. The first kappa shape index (κ1) is 13.9. The second-order valence-electron chi connectivity index (χ2n) is 3.94. The molecule has 1 aromatic carbocycles. The van der Waals surface area contributed by atoms with Gasteiger partial charge in [-0.05, 0) is 25.1 Å². The molecule has 1 aromatic heterocycles. The van der Waals surface area contributed by atoms with Crippen LogP contribution < -0.4 is 10.5 Å². The molecule has 0 saturated heterocycles. The maximum absolute atomic E-state index is 12.0. The first-order chi connectivity index (χ1) is 8.88. The van der Waals surface area contributed by atoms with Crippen molar-refractivity contribution in [1.29, 1.82) is 0 Å². The van der Waals surface area contributed by atoms with Crippen molar-refractivity contribution in [3.63, 3.8) is 0 Å². The molecule has 1 heterocycles. The van der Waals surface area contributed by atoms with Crippen molar-refractivity contribution in [3.05, 3.63) is 40.7 Å². The number of aromatic nitrogens is 1. The van der Waals surface area contributed by atoms with Gasteiger partial charge >= 0.3 is 0 Å². The highest BCUT2D eigenvalue weighted by Crippen LogP contribution is 2.23. The maximum atomic E-state index is 12.0. The molecule has 0 aliphatic rings. The number of nitrogens with zero attached hydrogens (tertiary/aromatic N) is 1. The summed E-state index contributed by atoms with van der Waals surface area (Å²) >= 11 is 5.87. The van der Waals surface area contributed by atoms with Crippen molar-refractivity contribution < 1.29 is 12.9 Å². The van der Waals surface area contributed by atoms with Crippen molar-refractivity contribution in [2.24, 2.45) is 0 Å². The summed E-state index contributed by atoms with van der Waals surface area (Å²) in [5, 5.41) is 3.77. The predicted molar refractivity (Wildman–Crippen MR) is 71.1 cm³/mol. The molecule has 0 aliphatic heterocycles. The van der Waals surface area contributed by atoms with Crippen molar-refractivity contribution in [2.45, 2.75) is 18.4 Å². The quantitative estimate of drug-likeness (QED) is 0.837. The van der Waals surface area contributed by atoms with Gasteiger partial charge in [-0.2, -0.15) is 0 Å². The van der Waals surface area contributed by atoms with E-state index >= 15 is 0 Å². The minimum absolute atomic E-state index is 0.0245. The summed E-state index contributed by atoms with van der Waals surface area (Å²) in [6.45, 7) is 1.75. The molecule has 0 spiro atoms. The molecule has 2 aromatic rings. The monoisotopic (exact) mass is 301 g/mol. The van der Waals surface area contributed by atoms with E-state index in [9.17, 15) is 8.42 Å². The van der Waals surface area contributed by atoms with Crippen molar-refractivity contribution >= 4 is 27.3 Å². The largest absolute Gasteiger partial charge is 0.399 e. The van der Waals surface area contributed by atoms with Gasteiger partial charge in [0.2, 0.25) is 10.0 Å². The summed E-state index contributed by atoms with van der Waals surface area (Å²) in [6.07, 6.45) is 0. The molecule has 8 heteroatoms. The lowest BCUT2D eigenvalue weighted by atomic mass is 10.3. The van der Waals surface area contributed by atoms with Crippen LogP contribution in [0.25, 0.3) is 0 Å². The number of anilines is 1. The molecular weight excluding hydrogens is 290 g/mol. The Hall–Kier alpha value is -1.57. The van der Waals surface area contributed by atoms with Crippen molar-refractivity contribution in [3.8, 4) is 0 Å². The number of benzene rings is 1. The molecule has 19 heavy (non-hydrogen) atoms. The van der Waals surface area contributed by atoms with Crippen LogP contribution >= 0.6 is 11.6 Å². The van der Waals surface area contributed by atoms with E-state index in [-0.39, 0.29) is 16.5 Å². The van der Waals surface area contributed by atoms with E-state index in [2.05, 4.69) is 9.88 Å². The lowest BCUT2D eigenvalue weighted by Gasteiger charge is -2.07. The van der Waals surface area contributed by atoms with Gasteiger partial charge in [0.1, 0.15) is 10.7 Å². The van der Waals surface area contributed by atoms with Gasteiger partial charge in [0.05, 0.1) is 17.3 Å². The number of nitrogen functional groups attached to an aromatic ring is 1. The van der Waals surface area contributed by atoms with E-state index in [4.69, 9.17) is 21.9 Å². The van der Waals surface area contributed by atoms with Crippen LogP contribution in [0, 0.1) is 6.92 Å². The Morgan fingerprint density at radius 3 is 2.74 bits per heavy atom. The molecular formula is C11H12ClN3O3S. The van der Waals surface area contributed by atoms with E-state index in [1.807, 2.05) is 0 Å². The summed E-state index contributed by atoms with van der Waals surface area (Å²) < 4.78 is 31.3. The first-order valence-electron chi connectivity index (χ1n) is 5.35. The van der Waals surface area contributed by atoms with Gasteiger partial charge in [0.25, 0.3) is 0 Å². The van der Waals surface area contributed by atoms with Crippen molar-refractivity contribution in [2.75, 3.05) is 5.73 Å². The Morgan fingerprint density at radius 1 is 1.42 bits per heavy atom. The Bertz CT molecular complexity index is 697. The molecule has 6 nitrogen and oxygen atoms in total. The SMILES string of the molecule is Cc1cc(CNS(=O)(=O)c2ccc(N)cc2Cl)no1. The third kappa shape index (κ3) is 3.25. The highest BCUT2D eigenvalue weighted by atomic mass is 35.5. The molecule has 2 rings (SSSR count). The van der Waals surface area contributed by atoms with Crippen LogP contribution in [0.15, 0.2) is 33.7 Å². The third-order valence-corrected chi connectivity index (χ3v) is 4.25. The average Bonchev–Trinajstić information content (AvgIpc) is 2.72. The van der Waals surface area contributed by atoms with Crippen LogP contribution in [0.1, 0.15) is 11.5 Å². The lowest BCUT2D eigenvalue weighted by molar-refractivity contribution is 0.390. The van der Waals surface area contributed by atoms with Crippen LogP contribution in [0.3, 0.4) is 0 Å². The van der Waals surface area contributed by atoms with Gasteiger partial charge in [-0.25, -0.2) is 13.1 Å². The predicted octanol–water partition coefficient (Wildman–Crippen LogP) is 1.70. The zero-order chi connectivity index (χ0) is 14.0. The molecule has 0 saturated carbocycles. The summed E-state index contributed by atoms with van der Waals surface area (Å²) in [6, 6.07) is 5.86. The zero-order valence-electron chi connectivity index (χ0n) is 10.1.